The maximum absolute atomic E-state index is 12.4. The lowest BCUT2D eigenvalue weighted by molar-refractivity contribution is -0.137. The van der Waals surface area contributed by atoms with Crippen LogP contribution in [0.2, 0.25) is 0 Å². The average molecular weight is 385 g/mol. The Balaban J connectivity index is 1.60. The topological polar surface area (TPSA) is 92.9 Å². The molecule has 27 heavy (non-hydrogen) atoms. The summed E-state index contributed by atoms with van der Waals surface area (Å²) in [5, 5.41) is 9.43. The van der Waals surface area contributed by atoms with Crippen LogP contribution in [0, 0.1) is 0 Å². The Morgan fingerprint density at radius 1 is 1.26 bits per heavy atom. The van der Waals surface area contributed by atoms with Gasteiger partial charge in [0.2, 0.25) is 11.8 Å². The second-order valence-electron chi connectivity index (χ2n) is 6.26. The number of anilines is 1. The van der Waals surface area contributed by atoms with E-state index in [2.05, 4.69) is 25.8 Å². The zero-order valence-electron chi connectivity index (χ0n) is 15.1. The number of aryl methyl sites for hydroxylation is 1. The van der Waals surface area contributed by atoms with Gasteiger partial charge in [-0.15, -0.1) is 0 Å². The molecule has 0 fully saturated rings. The lowest BCUT2D eigenvalue weighted by Crippen LogP contribution is -2.28. The Hall–Kier alpha value is -2.65. The van der Waals surface area contributed by atoms with Gasteiger partial charge in [0.1, 0.15) is 5.82 Å². The monoisotopic (exact) mass is 385 g/mol. The van der Waals surface area contributed by atoms with Crippen LogP contribution >= 0.6 is 0 Å². The number of rotatable bonds is 9. The summed E-state index contributed by atoms with van der Waals surface area (Å²) in [6, 6.07) is 2.20. The van der Waals surface area contributed by atoms with Gasteiger partial charge in [-0.2, -0.15) is 18.2 Å². The van der Waals surface area contributed by atoms with Crippen molar-refractivity contribution in [1.29, 1.82) is 0 Å². The largest absolute Gasteiger partial charge is 0.417 e. The number of carbonyl (C=O) groups excluding carboxylic acids is 1. The third-order valence-corrected chi connectivity index (χ3v) is 3.64. The minimum atomic E-state index is -4.41. The van der Waals surface area contributed by atoms with Gasteiger partial charge in [-0.25, -0.2) is 4.98 Å². The van der Waals surface area contributed by atoms with Crippen LogP contribution in [-0.2, 0) is 17.4 Å². The normalized spacial score (nSPS) is 11.6. The highest BCUT2D eigenvalue weighted by atomic mass is 19.4. The molecule has 7 nitrogen and oxygen atoms in total. The van der Waals surface area contributed by atoms with E-state index in [4.69, 9.17) is 4.52 Å². The van der Waals surface area contributed by atoms with Gasteiger partial charge in [0.05, 0.1) is 5.56 Å². The number of hydrogen-bond donors (Lipinski definition) is 2. The first kappa shape index (κ1) is 20.7. The summed E-state index contributed by atoms with van der Waals surface area (Å²) in [5.41, 5.74) is -0.803. The first-order chi connectivity index (χ1) is 12.8. The smallest absolute Gasteiger partial charge is 0.368 e. The molecule has 2 aromatic heterocycles. The van der Waals surface area contributed by atoms with Gasteiger partial charge >= 0.3 is 6.18 Å². The summed E-state index contributed by atoms with van der Waals surface area (Å²) < 4.78 is 42.4. The lowest BCUT2D eigenvalue weighted by Gasteiger charge is -2.09. The van der Waals surface area contributed by atoms with Crippen LogP contribution in [0.5, 0.6) is 0 Å². The minimum absolute atomic E-state index is 0.124. The number of pyridine rings is 1. The van der Waals surface area contributed by atoms with Crippen LogP contribution in [0.3, 0.4) is 0 Å². The molecule has 0 unspecified atom stereocenters. The van der Waals surface area contributed by atoms with Gasteiger partial charge in [0.25, 0.3) is 0 Å². The number of aromatic nitrogens is 3. The van der Waals surface area contributed by atoms with Crippen LogP contribution in [0.1, 0.15) is 49.9 Å². The number of carbonyl (C=O) groups is 1. The molecule has 0 aromatic carbocycles. The molecule has 2 aromatic rings. The molecule has 0 spiro atoms. The van der Waals surface area contributed by atoms with Crippen molar-refractivity contribution in [3.63, 3.8) is 0 Å². The van der Waals surface area contributed by atoms with Crippen LogP contribution in [0.25, 0.3) is 0 Å². The van der Waals surface area contributed by atoms with E-state index < -0.39 is 11.7 Å². The molecule has 0 atom stereocenters. The molecule has 0 aliphatic rings. The predicted molar refractivity (Wildman–Crippen MR) is 92.1 cm³/mol. The highest BCUT2D eigenvalue weighted by molar-refractivity contribution is 5.75. The third kappa shape index (κ3) is 6.87. The SMILES string of the molecule is CC(C)c1noc(CCCC(=O)NCCNc2ccc(C(F)(F)F)cn2)n1. The zero-order valence-corrected chi connectivity index (χ0v) is 15.1. The summed E-state index contributed by atoms with van der Waals surface area (Å²) >= 11 is 0. The van der Waals surface area contributed by atoms with E-state index >= 15 is 0 Å². The van der Waals surface area contributed by atoms with E-state index in [-0.39, 0.29) is 11.8 Å². The molecule has 2 rings (SSSR count). The molecule has 2 heterocycles. The van der Waals surface area contributed by atoms with Gasteiger partial charge in [0, 0.05) is 38.0 Å². The Morgan fingerprint density at radius 2 is 2.04 bits per heavy atom. The lowest BCUT2D eigenvalue weighted by atomic mass is 10.2. The first-order valence-corrected chi connectivity index (χ1v) is 8.62. The standard InChI is InChI=1S/C17H22F3N5O2/c1-11(2)16-24-15(27-25-16)5-3-4-14(26)22-9-8-21-13-7-6-12(10-23-13)17(18,19)20/h6-7,10-11H,3-5,8-9H2,1-2H3,(H,21,23)(H,22,26). The first-order valence-electron chi connectivity index (χ1n) is 8.62. The van der Waals surface area contributed by atoms with Crippen LogP contribution in [-0.4, -0.2) is 34.1 Å². The molecular weight excluding hydrogens is 363 g/mol. The van der Waals surface area contributed by atoms with E-state index in [0.29, 0.717) is 49.9 Å². The van der Waals surface area contributed by atoms with E-state index in [1.807, 2.05) is 13.8 Å². The maximum Gasteiger partial charge on any atom is 0.417 e. The van der Waals surface area contributed by atoms with Crippen molar-refractivity contribution >= 4 is 11.7 Å². The Morgan fingerprint density at radius 3 is 2.63 bits per heavy atom. The second kappa shape index (κ2) is 9.33. The van der Waals surface area contributed by atoms with Crippen molar-refractivity contribution in [2.45, 2.75) is 45.2 Å². The number of hydrogen-bond acceptors (Lipinski definition) is 6. The van der Waals surface area contributed by atoms with E-state index in [0.717, 1.165) is 12.3 Å². The molecular formula is C17H22F3N5O2. The van der Waals surface area contributed by atoms with Gasteiger partial charge in [-0.05, 0) is 18.6 Å². The van der Waals surface area contributed by atoms with Gasteiger partial charge in [-0.3, -0.25) is 4.79 Å². The fourth-order valence-corrected chi connectivity index (χ4v) is 2.15. The Labute approximate surface area is 154 Å². The van der Waals surface area contributed by atoms with Crippen LogP contribution in [0.15, 0.2) is 22.9 Å². The molecule has 0 aliphatic heterocycles. The van der Waals surface area contributed by atoms with Crippen molar-refractivity contribution in [2.75, 3.05) is 18.4 Å². The Bertz CT molecular complexity index is 729. The number of amides is 1. The summed E-state index contributed by atoms with van der Waals surface area (Å²) in [4.78, 5) is 19.7. The molecule has 1 amide bonds. The molecule has 0 saturated heterocycles. The van der Waals surface area contributed by atoms with Crippen molar-refractivity contribution in [2.24, 2.45) is 0 Å². The van der Waals surface area contributed by atoms with Crippen LogP contribution < -0.4 is 10.6 Å². The maximum atomic E-state index is 12.4. The summed E-state index contributed by atoms with van der Waals surface area (Å²) in [6.45, 7) is 4.62. The van der Waals surface area contributed by atoms with Crippen molar-refractivity contribution in [1.82, 2.24) is 20.4 Å². The summed E-state index contributed by atoms with van der Waals surface area (Å²) in [7, 11) is 0. The van der Waals surface area contributed by atoms with Crippen molar-refractivity contribution in [3.05, 3.63) is 35.6 Å². The van der Waals surface area contributed by atoms with Crippen LogP contribution in [0.4, 0.5) is 19.0 Å². The molecule has 2 N–H and O–H groups in total. The molecule has 0 bridgehead atoms. The minimum Gasteiger partial charge on any atom is -0.368 e. The quantitative estimate of drug-likeness (QED) is 0.644. The van der Waals surface area contributed by atoms with Crippen molar-refractivity contribution < 1.29 is 22.5 Å². The van der Waals surface area contributed by atoms with Gasteiger partial charge in [-0.1, -0.05) is 19.0 Å². The Kier molecular flexibility index (Phi) is 7.14. The van der Waals surface area contributed by atoms with E-state index in [1.54, 1.807) is 0 Å². The number of nitrogens with one attached hydrogen (secondary N) is 2. The summed E-state index contributed by atoms with van der Waals surface area (Å²) in [5.74, 6) is 1.55. The second-order valence-corrected chi connectivity index (χ2v) is 6.26. The molecule has 148 valence electrons. The molecule has 0 aliphatic carbocycles. The highest BCUT2D eigenvalue weighted by Crippen LogP contribution is 2.28. The number of alkyl halides is 3. The number of halogens is 3. The summed E-state index contributed by atoms with van der Waals surface area (Å²) in [6.07, 6.45) is -2.21. The molecule has 0 radical (unpaired) electrons. The fourth-order valence-electron chi connectivity index (χ4n) is 2.15. The fraction of sp³-hybridized carbons (Fsp3) is 0.529. The highest BCUT2D eigenvalue weighted by Gasteiger charge is 2.30. The zero-order chi connectivity index (χ0) is 19.9. The predicted octanol–water partition coefficient (Wildman–Crippen LogP) is 3.16. The molecule has 10 heteroatoms. The molecule has 0 saturated carbocycles. The van der Waals surface area contributed by atoms with E-state index in [9.17, 15) is 18.0 Å². The van der Waals surface area contributed by atoms with E-state index in [1.165, 1.54) is 6.07 Å². The van der Waals surface area contributed by atoms with Gasteiger partial charge in [0.15, 0.2) is 5.82 Å². The van der Waals surface area contributed by atoms with Crippen molar-refractivity contribution in [3.8, 4) is 0 Å². The average Bonchev–Trinajstić information content (AvgIpc) is 3.08. The third-order valence-electron chi connectivity index (χ3n) is 3.64. The number of nitrogens with zero attached hydrogens (tertiary/aromatic N) is 3. The van der Waals surface area contributed by atoms with Gasteiger partial charge < -0.3 is 15.2 Å².